The van der Waals surface area contributed by atoms with Gasteiger partial charge in [0.2, 0.25) is 5.91 Å². The van der Waals surface area contributed by atoms with Gasteiger partial charge < -0.3 is 9.47 Å². The van der Waals surface area contributed by atoms with Crippen LogP contribution in [0.5, 0.6) is 0 Å². The van der Waals surface area contributed by atoms with Crippen LogP contribution in [0.15, 0.2) is 36.9 Å². The van der Waals surface area contributed by atoms with Crippen molar-refractivity contribution in [3.05, 3.63) is 36.9 Å². The van der Waals surface area contributed by atoms with Crippen LogP contribution in [-0.4, -0.2) is 42.6 Å². The van der Waals surface area contributed by atoms with Crippen LogP contribution in [0.2, 0.25) is 0 Å². The van der Waals surface area contributed by atoms with E-state index in [9.17, 15) is 4.79 Å². The van der Waals surface area contributed by atoms with Gasteiger partial charge in [0.15, 0.2) is 0 Å². The lowest BCUT2D eigenvalue weighted by molar-refractivity contribution is -0.133. The van der Waals surface area contributed by atoms with Gasteiger partial charge in [0.25, 0.3) is 0 Å². The SMILES string of the molecule is CC(C)CC(=O)N1C2CCC1C(Cn1ccc3cc(-c4cn[nH]c4)cnc31)C2. The fourth-order valence-electron chi connectivity index (χ4n) is 5.20. The smallest absolute Gasteiger partial charge is 0.223 e. The number of nitrogens with zero attached hydrogens (tertiary/aromatic N) is 4. The number of rotatable bonds is 5. The molecule has 3 aromatic rings. The molecular formula is C22H27N5O. The molecule has 0 aromatic carbocycles. The molecule has 3 atom stereocenters. The number of pyridine rings is 1. The Morgan fingerprint density at radius 3 is 2.96 bits per heavy atom. The largest absolute Gasteiger partial charge is 0.336 e. The molecule has 2 aliphatic heterocycles. The molecule has 2 aliphatic rings. The second-order valence-electron chi connectivity index (χ2n) is 8.79. The summed E-state index contributed by atoms with van der Waals surface area (Å²) in [7, 11) is 0. The summed E-state index contributed by atoms with van der Waals surface area (Å²) in [4.78, 5) is 19.7. The summed E-state index contributed by atoms with van der Waals surface area (Å²) < 4.78 is 2.27. The normalized spacial score (nSPS) is 24.0. The van der Waals surface area contributed by atoms with Crippen LogP contribution >= 0.6 is 0 Å². The highest BCUT2D eigenvalue weighted by molar-refractivity contribution is 5.81. The van der Waals surface area contributed by atoms with Crippen molar-refractivity contribution in [2.75, 3.05) is 0 Å². The van der Waals surface area contributed by atoms with Crippen molar-refractivity contribution in [2.45, 2.75) is 58.2 Å². The molecule has 3 aromatic heterocycles. The Kier molecular flexibility index (Phi) is 4.22. The highest BCUT2D eigenvalue weighted by Gasteiger charge is 2.48. The van der Waals surface area contributed by atoms with Gasteiger partial charge in [-0.1, -0.05) is 13.8 Å². The second kappa shape index (κ2) is 6.76. The lowest BCUT2D eigenvalue weighted by atomic mass is 9.89. The van der Waals surface area contributed by atoms with Crippen LogP contribution in [-0.2, 0) is 11.3 Å². The molecule has 6 heteroatoms. The van der Waals surface area contributed by atoms with Gasteiger partial charge in [-0.25, -0.2) is 4.98 Å². The van der Waals surface area contributed by atoms with E-state index in [1.807, 2.05) is 18.6 Å². The lowest BCUT2D eigenvalue weighted by Gasteiger charge is -2.25. The third-order valence-electron chi connectivity index (χ3n) is 6.40. The predicted molar refractivity (Wildman–Crippen MR) is 109 cm³/mol. The van der Waals surface area contributed by atoms with Gasteiger partial charge in [0.1, 0.15) is 5.65 Å². The van der Waals surface area contributed by atoms with Crippen LogP contribution in [0.25, 0.3) is 22.2 Å². The number of amides is 1. The number of carbonyl (C=O) groups is 1. The molecule has 2 fully saturated rings. The van der Waals surface area contributed by atoms with E-state index in [4.69, 9.17) is 4.98 Å². The van der Waals surface area contributed by atoms with Gasteiger partial charge in [-0.2, -0.15) is 5.10 Å². The molecule has 1 N–H and O–H groups in total. The number of hydrogen-bond donors (Lipinski definition) is 1. The third-order valence-corrected chi connectivity index (χ3v) is 6.40. The van der Waals surface area contributed by atoms with Crippen LogP contribution in [0.1, 0.15) is 39.5 Å². The first kappa shape index (κ1) is 17.5. The van der Waals surface area contributed by atoms with Crippen molar-refractivity contribution in [1.29, 1.82) is 0 Å². The van der Waals surface area contributed by atoms with E-state index < -0.39 is 0 Å². The molecule has 146 valence electrons. The summed E-state index contributed by atoms with van der Waals surface area (Å²) in [5.74, 6) is 1.30. The van der Waals surface area contributed by atoms with E-state index >= 15 is 0 Å². The van der Waals surface area contributed by atoms with Crippen molar-refractivity contribution in [1.82, 2.24) is 24.6 Å². The molecule has 0 aliphatic carbocycles. The molecule has 5 rings (SSSR count). The Labute approximate surface area is 164 Å². The molecule has 6 nitrogen and oxygen atoms in total. The fourth-order valence-corrected chi connectivity index (χ4v) is 5.20. The minimum Gasteiger partial charge on any atom is -0.336 e. The highest BCUT2D eigenvalue weighted by Crippen LogP contribution is 2.43. The van der Waals surface area contributed by atoms with Crippen molar-refractivity contribution in [3.63, 3.8) is 0 Å². The monoisotopic (exact) mass is 377 g/mol. The first-order valence-corrected chi connectivity index (χ1v) is 10.4. The van der Waals surface area contributed by atoms with Gasteiger partial charge in [-0.05, 0) is 43.2 Å². The number of H-pyrrole nitrogens is 1. The van der Waals surface area contributed by atoms with Gasteiger partial charge in [-0.3, -0.25) is 9.89 Å². The van der Waals surface area contributed by atoms with Crippen LogP contribution in [0, 0.1) is 11.8 Å². The number of nitrogens with one attached hydrogen (secondary N) is 1. The quantitative estimate of drug-likeness (QED) is 0.734. The summed E-state index contributed by atoms with van der Waals surface area (Å²) in [6.45, 7) is 5.19. The Bertz CT molecular complexity index is 990. The maximum absolute atomic E-state index is 12.7. The van der Waals surface area contributed by atoms with E-state index in [-0.39, 0.29) is 0 Å². The van der Waals surface area contributed by atoms with E-state index in [1.54, 1.807) is 0 Å². The third kappa shape index (κ3) is 2.91. The number of aromatic nitrogens is 4. The van der Waals surface area contributed by atoms with Gasteiger partial charge in [0.05, 0.1) is 6.20 Å². The summed E-state index contributed by atoms with van der Waals surface area (Å²) >= 11 is 0. The minimum absolute atomic E-state index is 0.352. The Hall–Kier alpha value is -2.63. The highest BCUT2D eigenvalue weighted by atomic mass is 16.2. The molecular weight excluding hydrogens is 350 g/mol. The van der Waals surface area contributed by atoms with Gasteiger partial charge in [-0.15, -0.1) is 0 Å². The summed E-state index contributed by atoms with van der Waals surface area (Å²) in [5.41, 5.74) is 3.15. The average Bonchev–Trinajstić information content (AvgIpc) is 3.45. The van der Waals surface area contributed by atoms with Gasteiger partial charge >= 0.3 is 0 Å². The fraction of sp³-hybridized carbons (Fsp3) is 0.500. The van der Waals surface area contributed by atoms with Crippen molar-refractivity contribution >= 4 is 16.9 Å². The molecule has 28 heavy (non-hydrogen) atoms. The van der Waals surface area contributed by atoms with Crippen LogP contribution in [0.3, 0.4) is 0 Å². The predicted octanol–water partition coefficient (Wildman–Crippen LogP) is 3.85. The van der Waals surface area contributed by atoms with Crippen LogP contribution < -0.4 is 0 Å². The minimum atomic E-state index is 0.352. The maximum Gasteiger partial charge on any atom is 0.223 e. The molecule has 2 saturated heterocycles. The zero-order valence-electron chi connectivity index (χ0n) is 16.5. The average molecular weight is 377 g/mol. The molecule has 5 heterocycles. The maximum atomic E-state index is 12.7. The molecule has 1 amide bonds. The van der Waals surface area contributed by atoms with Crippen molar-refractivity contribution in [3.8, 4) is 11.1 Å². The van der Waals surface area contributed by atoms with E-state index in [0.717, 1.165) is 41.5 Å². The first-order valence-electron chi connectivity index (χ1n) is 10.4. The summed E-state index contributed by atoms with van der Waals surface area (Å²) in [6, 6.07) is 5.16. The molecule has 0 spiro atoms. The summed E-state index contributed by atoms with van der Waals surface area (Å²) in [5, 5.41) is 8.03. The zero-order chi connectivity index (χ0) is 19.3. The van der Waals surface area contributed by atoms with Gasteiger partial charge in [0, 0.05) is 60.2 Å². The van der Waals surface area contributed by atoms with E-state index in [1.165, 1.54) is 6.42 Å². The van der Waals surface area contributed by atoms with Crippen molar-refractivity contribution in [2.24, 2.45) is 11.8 Å². The Morgan fingerprint density at radius 1 is 1.29 bits per heavy atom. The molecule has 0 saturated carbocycles. The number of carbonyl (C=O) groups excluding carboxylic acids is 1. The molecule has 2 bridgehead atoms. The number of fused-ring (bicyclic) bond motifs is 3. The van der Waals surface area contributed by atoms with Crippen LogP contribution in [0.4, 0.5) is 0 Å². The topological polar surface area (TPSA) is 66.8 Å². The van der Waals surface area contributed by atoms with E-state index in [0.29, 0.717) is 36.2 Å². The Morgan fingerprint density at radius 2 is 2.18 bits per heavy atom. The zero-order valence-corrected chi connectivity index (χ0v) is 16.5. The molecule has 0 radical (unpaired) electrons. The molecule has 3 unspecified atom stereocenters. The summed E-state index contributed by atoms with van der Waals surface area (Å²) in [6.07, 6.45) is 11.9. The Balaban J connectivity index is 1.35. The standard InChI is InChI=1S/C22H27N5O/c1-14(2)7-21(28)27-19-3-4-20(27)17(9-19)13-26-6-5-15-8-16(10-23-22(15)26)18-11-24-25-12-18/h5-6,8,10-12,14,17,19-20H,3-4,7,9,13H2,1-2H3,(H,24,25). The number of aromatic amines is 1. The number of hydrogen-bond acceptors (Lipinski definition) is 3. The first-order chi connectivity index (χ1) is 13.6. The second-order valence-corrected chi connectivity index (χ2v) is 8.79. The van der Waals surface area contributed by atoms with E-state index in [2.05, 4.69) is 51.8 Å². The van der Waals surface area contributed by atoms with Crippen molar-refractivity contribution < 1.29 is 4.79 Å². The lowest BCUT2D eigenvalue weighted by Crippen LogP contribution is -2.37.